The molecule has 32 heavy (non-hydrogen) atoms. The first-order valence-corrected chi connectivity index (χ1v) is 11.3. The summed E-state index contributed by atoms with van der Waals surface area (Å²) in [6.45, 7) is 0.403. The second-order valence-corrected chi connectivity index (χ2v) is 8.77. The van der Waals surface area contributed by atoms with Crippen LogP contribution in [0.15, 0.2) is 78.9 Å². The molecule has 5 rings (SSSR count). The lowest BCUT2D eigenvalue weighted by atomic mass is 9.91. The third kappa shape index (κ3) is 4.09. The Morgan fingerprint density at radius 2 is 1.69 bits per heavy atom. The summed E-state index contributed by atoms with van der Waals surface area (Å²) < 4.78 is 5.48. The van der Waals surface area contributed by atoms with E-state index in [9.17, 15) is 4.79 Å². The molecular formula is C26H22N2O3S. The molecule has 1 heterocycles. The second-order valence-electron chi connectivity index (χ2n) is 7.69. The Bertz CT molecular complexity index is 1200. The van der Waals surface area contributed by atoms with Gasteiger partial charge in [-0.1, -0.05) is 72.8 Å². The molecule has 0 saturated carbocycles. The van der Waals surface area contributed by atoms with E-state index in [0.29, 0.717) is 12.2 Å². The number of nitrogens with one attached hydrogen (secondary N) is 1. The predicted molar refractivity (Wildman–Crippen MR) is 127 cm³/mol. The quantitative estimate of drug-likeness (QED) is 0.336. The van der Waals surface area contributed by atoms with Gasteiger partial charge in [0.05, 0.1) is 5.69 Å². The lowest BCUT2D eigenvalue weighted by molar-refractivity contribution is -0.139. The molecule has 0 aliphatic heterocycles. The number of nitrogens with zero attached hydrogens (tertiary/aromatic N) is 1. The zero-order valence-electron chi connectivity index (χ0n) is 17.3. The van der Waals surface area contributed by atoms with Crippen LogP contribution in [0.2, 0.25) is 0 Å². The van der Waals surface area contributed by atoms with E-state index < -0.39 is 5.97 Å². The molecule has 0 unspecified atom stereocenters. The maximum Gasteiger partial charge on any atom is 0.341 e. The van der Waals surface area contributed by atoms with Crippen molar-refractivity contribution in [2.45, 2.75) is 12.3 Å². The van der Waals surface area contributed by atoms with Gasteiger partial charge in [-0.25, -0.2) is 9.78 Å². The summed E-state index contributed by atoms with van der Waals surface area (Å²) in [4.78, 5) is 16.9. The summed E-state index contributed by atoms with van der Waals surface area (Å²) in [5.74, 6) is -0.136. The van der Waals surface area contributed by atoms with Crippen molar-refractivity contribution in [3.8, 4) is 17.0 Å². The number of thiazole rings is 1. The number of aromatic nitrogens is 1. The van der Waals surface area contributed by atoms with Crippen molar-refractivity contribution in [3.63, 3.8) is 0 Å². The van der Waals surface area contributed by atoms with Gasteiger partial charge in [0.1, 0.15) is 5.75 Å². The monoisotopic (exact) mass is 442 g/mol. The van der Waals surface area contributed by atoms with Crippen molar-refractivity contribution < 1.29 is 14.6 Å². The Morgan fingerprint density at radius 3 is 2.34 bits per heavy atom. The summed E-state index contributed by atoms with van der Waals surface area (Å²) in [7, 11) is 0. The van der Waals surface area contributed by atoms with Crippen LogP contribution in [-0.4, -0.2) is 29.2 Å². The molecule has 0 atom stereocenters. The van der Waals surface area contributed by atoms with Gasteiger partial charge in [0, 0.05) is 34.9 Å². The van der Waals surface area contributed by atoms with Crippen LogP contribution in [-0.2, 0) is 11.2 Å². The van der Waals surface area contributed by atoms with Crippen molar-refractivity contribution in [1.82, 2.24) is 4.98 Å². The minimum Gasteiger partial charge on any atom is -0.482 e. The van der Waals surface area contributed by atoms with E-state index in [2.05, 4.69) is 53.8 Å². The first kappa shape index (κ1) is 20.3. The van der Waals surface area contributed by atoms with Gasteiger partial charge < -0.3 is 15.2 Å². The smallest absolute Gasteiger partial charge is 0.341 e. The highest BCUT2D eigenvalue weighted by Crippen LogP contribution is 2.44. The molecule has 0 radical (unpaired) electrons. The summed E-state index contributed by atoms with van der Waals surface area (Å²) >= 11 is 1.65. The largest absolute Gasteiger partial charge is 0.482 e. The Labute approximate surface area is 190 Å². The van der Waals surface area contributed by atoms with E-state index in [-0.39, 0.29) is 12.5 Å². The highest BCUT2D eigenvalue weighted by Gasteiger charge is 2.26. The topological polar surface area (TPSA) is 71.5 Å². The Hall–Kier alpha value is -3.64. The molecular weight excluding hydrogens is 420 g/mol. The zero-order valence-corrected chi connectivity index (χ0v) is 18.1. The average Bonchev–Trinajstić information content (AvgIpc) is 3.37. The van der Waals surface area contributed by atoms with Gasteiger partial charge in [-0.2, -0.15) is 0 Å². The molecule has 1 aliphatic rings. The maximum atomic E-state index is 10.9. The van der Waals surface area contributed by atoms with E-state index in [1.807, 2.05) is 30.3 Å². The van der Waals surface area contributed by atoms with Gasteiger partial charge in [-0.3, -0.25) is 0 Å². The molecule has 5 nitrogen and oxygen atoms in total. The van der Waals surface area contributed by atoms with E-state index >= 15 is 0 Å². The number of anilines is 1. The summed E-state index contributed by atoms with van der Waals surface area (Å²) in [5, 5.41) is 13.4. The maximum absolute atomic E-state index is 10.9. The van der Waals surface area contributed by atoms with Crippen LogP contribution in [0.5, 0.6) is 5.75 Å². The standard InChI is InChI=1S/C26H22N2O3S/c29-24(30)16-31-22-13-7-12-19-20(22)14-23-25(19)28-26(32-23)27-15-21(17-8-3-1-4-9-17)18-10-5-2-6-11-18/h1-13,21H,14-16H2,(H,27,28)(H,29,30). The van der Waals surface area contributed by atoms with Gasteiger partial charge in [0.25, 0.3) is 0 Å². The SMILES string of the molecule is O=C(O)COc1cccc2c1Cc1sc(NCC(c3ccccc3)c3ccccc3)nc1-2. The third-order valence-corrected chi connectivity index (χ3v) is 6.65. The third-order valence-electron chi connectivity index (χ3n) is 5.64. The van der Waals surface area contributed by atoms with Crippen LogP contribution in [0.1, 0.15) is 27.5 Å². The predicted octanol–water partition coefficient (Wildman–Crippen LogP) is 5.42. The van der Waals surface area contributed by atoms with Gasteiger partial charge in [-0.05, 0) is 17.2 Å². The van der Waals surface area contributed by atoms with Crippen molar-refractivity contribution in [3.05, 3.63) is 100 Å². The summed E-state index contributed by atoms with van der Waals surface area (Å²) in [6.07, 6.45) is 0.709. The number of rotatable bonds is 8. The van der Waals surface area contributed by atoms with E-state index in [1.54, 1.807) is 11.3 Å². The molecule has 0 saturated heterocycles. The molecule has 4 aromatic rings. The zero-order chi connectivity index (χ0) is 21.9. The normalized spacial score (nSPS) is 11.8. The molecule has 1 aromatic heterocycles. The van der Waals surface area contributed by atoms with Crippen molar-refractivity contribution in [1.29, 1.82) is 0 Å². The lowest BCUT2D eigenvalue weighted by Crippen LogP contribution is -2.14. The minimum absolute atomic E-state index is 0.222. The molecule has 0 bridgehead atoms. The van der Waals surface area contributed by atoms with E-state index in [0.717, 1.165) is 28.5 Å². The first-order valence-electron chi connectivity index (χ1n) is 10.5. The molecule has 0 amide bonds. The van der Waals surface area contributed by atoms with Crippen LogP contribution < -0.4 is 10.1 Å². The Morgan fingerprint density at radius 1 is 1.00 bits per heavy atom. The second kappa shape index (κ2) is 8.85. The van der Waals surface area contributed by atoms with Crippen LogP contribution >= 0.6 is 11.3 Å². The highest BCUT2D eigenvalue weighted by atomic mass is 32.1. The summed E-state index contributed by atoms with van der Waals surface area (Å²) in [5.41, 5.74) is 5.53. The molecule has 6 heteroatoms. The average molecular weight is 443 g/mol. The molecule has 3 aromatic carbocycles. The van der Waals surface area contributed by atoms with E-state index in [1.165, 1.54) is 16.0 Å². The number of benzene rings is 3. The van der Waals surface area contributed by atoms with Crippen molar-refractivity contribution in [2.24, 2.45) is 0 Å². The van der Waals surface area contributed by atoms with Gasteiger partial charge in [0.15, 0.2) is 11.7 Å². The molecule has 1 aliphatic carbocycles. The Kier molecular flexibility index (Phi) is 5.60. The number of carboxylic acids is 1. The number of aliphatic carboxylic acids is 1. The number of fused-ring (bicyclic) bond motifs is 3. The highest BCUT2D eigenvalue weighted by molar-refractivity contribution is 7.16. The number of carbonyl (C=O) groups is 1. The van der Waals surface area contributed by atoms with Gasteiger partial charge in [0.2, 0.25) is 0 Å². The molecule has 160 valence electrons. The van der Waals surface area contributed by atoms with Gasteiger partial charge >= 0.3 is 5.97 Å². The van der Waals surface area contributed by atoms with Crippen LogP contribution in [0.3, 0.4) is 0 Å². The fourth-order valence-corrected chi connectivity index (χ4v) is 5.15. The van der Waals surface area contributed by atoms with Crippen LogP contribution in [0, 0.1) is 0 Å². The van der Waals surface area contributed by atoms with Crippen LogP contribution in [0.25, 0.3) is 11.3 Å². The molecule has 2 N–H and O–H groups in total. The van der Waals surface area contributed by atoms with Crippen molar-refractivity contribution >= 4 is 22.4 Å². The number of hydrogen-bond donors (Lipinski definition) is 2. The minimum atomic E-state index is -0.980. The first-order chi connectivity index (χ1) is 15.7. The number of hydrogen-bond acceptors (Lipinski definition) is 5. The number of ether oxygens (including phenoxy) is 1. The van der Waals surface area contributed by atoms with Gasteiger partial charge in [-0.15, -0.1) is 11.3 Å². The fourth-order valence-electron chi connectivity index (χ4n) is 4.15. The molecule has 0 fully saturated rings. The summed E-state index contributed by atoms with van der Waals surface area (Å²) in [6, 6.07) is 26.8. The number of carboxylic acid groups (broad SMARTS) is 1. The van der Waals surface area contributed by atoms with Crippen molar-refractivity contribution in [2.75, 3.05) is 18.5 Å². The van der Waals surface area contributed by atoms with Crippen LogP contribution in [0.4, 0.5) is 5.13 Å². The fraction of sp³-hybridized carbons (Fsp3) is 0.154. The Balaban J connectivity index is 1.36. The molecule has 0 spiro atoms. The lowest BCUT2D eigenvalue weighted by Gasteiger charge is -2.18. The van der Waals surface area contributed by atoms with E-state index in [4.69, 9.17) is 14.8 Å².